The third-order valence-corrected chi connectivity index (χ3v) is 5.25. The highest BCUT2D eigenvalue weighted by Crippen LogP contribution is 2.21. The topological polar surface area (TPSA) is 77.1 Å². The Labute approximate surface area is 182 Å². The van der Waals surface area contributed by atoms with Gasteiger partial charge in [0.25, 0.3) is 5.91 Å². The normalized spacial score (nSPS) is 11.4. The third kappa shape index (κ3) is 4.83. The number of benzene rings is 2. The highest BCUT2D eigenvalue weighted by molar-refractivity contribution is 5.98. The molecule has 4 aromatic rings. The lowest BCUT2D eigenvalue weighted by atomic mass is 10.1. The second-order valence-electron chi connectivity index (χ2n) is 8.03. The van der Waals surface area contributed by atoms with E-state index in [0.717, 1.165) is 47.1 Å². The lowest BCUT2D eigenvalue weighted by Crippen LogP contribution is -2.27. The highest BCUT2D eigenvalue weighted by Gasteiger charge is 2.15. The van der Waals surface area contributed by atoms with Gasteiger partial charge in [-0.3, -0.25) is 4.79 Å². The van der Waals surface area contributed by atoms with Crippen molar-refractivity contribution >= 4 is 33.5 Å². The van der Waals surface area contributed by atoms with E-state index in [1.807, 2.05) is 54.7 Å². The van der Waals surface area contributed by atoms with Crippen molar-refractivity contribution in [3.63, 3.8) is 0 Å². The van der Waals surface area contributed by atoms with E-state index in [1.165, 1.54) is 0 Å². The standard InChI is InChI=1S/C24H28N6O/c1-29(2)14-6-12-26-23-19-7-4-5-8-21(19)27-22(28-23)16-30(3)24(31)18-9-10-20-17(15-18)11-13-25-20/h4-5,7-11,13,15,25H,6,12,14,16H2,1-3H3,(H,26,27,28). The maximum absolute atomic E-state index is 13.0. The highest BCUT2D eigenvalue weighted by atomic mass is 16.2. The number of aromatic nitrogens is 3. The fraction of sp³-hybridized carbons (Fsp3) is 0.292. The van der Waals surface area contributed by atoms with Crippen molar-refractivity contribution in [1.82, 2.24) is 24.8 Å². The van der Waals surface area contributed by atoms with Gasteiger partial charge in [0.15, 0.2) is 5.82 Å². The Balaban J connectivity index is 1.53. The van der Waals surface area contributed by atoms with Gasteiger partial charge in [0.05, 0.1) is 12.1 Å². The molecule has 0 radical (unpaired) electrons. The first-order valence-corrected chi connectivity index (χ1v) is 10.5. The minimum atomic E-state index is -0.0552. The number of nitrogens with zero attached hydrogens (tertiary/aromatic N) is 4. The van der Waals surface area contributed by atoms with Crippen molar-refractivity contribution in [2.24, 2.45) is 0 Å². The summed E-state index contributed by atoms with van der Waals surface area (Å²) in [5, 5.41) is 5.46. The quantitative estimate of drug-likeness (QED) is 0.428. The van der Waals surface area contributed by atoms with E-state index in [4.69, 9.17) is 9.97 Å². The molecular weight excluding hydrogens is 388 g/mol. The van der Waals surface area contributed by atoms with E-state index in [2.05, 4.69) is 29.3 Å². The summed E-state index contributed by atoms with van der Waals surface area (Å²) in [6.07, 6.45) is 2.89. The number of aromatic amines is 1. The molecule has 0 saturated heterocycles. The first kappa shape index (κ1) is 20.8. The molecule has 2 aromatic carbocycles. The summed E-state index contributed by atoms with van der Waals surface area (Å²) < 4.78 is 0. The van der Waals surface area contributed by atoms with Gasteiger partial charge in [-0.05, 0) is 63.5 Å². The summed E-state index contributed by atoms with van der Waals surface area (Å²) in [4.78, 5) is 29.4. The zero-order valence-electron chi connectivity index (χ0n) is 18.2. The van der Waals surface area contributed by atoms with Crippen LogP contribution >= 0.6 is 0 Å². The Kier molecular flexibility index (Phi) is 6.13. The average molecular weight is 417 g/mol. The SMILES string of the molecule is CN(C)CCCNc1nc(CN(C)C(=O)c2ccc3[nH]ccc3c2)nc2ccccc12. The Morgan fingerprint density at radius 1 is 1.06 bits per heavy atom. The van der Waals surface area contributed by atoms with Gasteiger partial charge in [0.1, 0.15) is 5.82 Å². The molecular formula is C24H28N6O. The fourth-order valence-electron chi connectivity index (χ4n) is 3.62. The summed E-state index contributed by atoms with van der Waals surface area (Å²) >= 11 is 0. The van der Waals surface area contributed by atoms with Crippen LogP contribution in [0.2, 0.25) is 0 Å². The lowest BCUT2D eigenvalue weighted by molar-refractivity contribution is 0.0782. The second kappa shape index (κ2) is 9.14. The monoisotopic (exact) mass is 416 g/mol. The van der Waals surface area contributed by atoms with Gasteiger partial charge in [-0.25, -0.2) is 9.97 Å². The molecule has 160 valence electrons. The van der Waals surface area contributed by atoms with E-state index in [-0.39, 0.29) is 5.91 Å². The molecule has 0 unspecified atom stereocenters. The largest absolute Gasteiger partial charge is 0.369 e. The Morgan fingerprint density at radius 3 is 2.74 bits per heavy atom. The zero-order chi connectivity index (χ0) is 21.8. The van der Waals surface area contributed by atoms with Gasteiger partial charge < -0.3 is 20.1 Å². The number of H-pyrrole nitrogens is 1. The molecule has 0 aliphatic heterocycles. The maximum atomic E-state index is 13.0. The molecule has 0 aliphatic rings. The molecule has 7 heteroatoms. The van der Waals surface area contributed by atoms with Crippen LogP contribution in [-0.4, -0.2) is 64.9 Å². The number of anilines is 1. The summed E-state index contributed by atoms with van der Waals surface area (Å²) in [6, 6.07) is 15.6. The molecule has 0 aliphatic carbocycles. The maximum Gasteiger partial charge on any atom is 0.254 e. The Morgan fingerprint density at radius 2 is 1.90 bits per heavy atom. The number of carbonyl (C=O) groups is 1. The summed E-state index contributed by atoms with van der Waals surface area (Å²) in [6.45, 7) is 2.16. The predicted molar refractivity (Wildman–Crippen MR) is 125 cm³/mol. The predicted octanol–water partition coefficient (Wildman–Crippen LogP) is 3.75. The molecule has 31 heavy (non-hydrogen) atoms. The number of hydrogen-bond acceptors (Lipinski definition) is 5. The number of fused-ring (bicyclic) bond motifs is 2. The van der Waals surface area contributed by atoms with Gasteiger partial charge >= 0.3 is 0 Å². The summed E-state index contributed by atoms with van der Waals surface area (Å²) in [7, 11) is 5.92. The number of hydrogen-bond donors (Lipinski definition) is 2. The molecule has 2 N–H and O–H groups in total. The van der Waals surface area contributed by atoms with Crippen LogP contribution in [0.25, 0.3) is 21.8 Å². The van der Waals surface area contributed by atoms with Crippen LogP contribution in [0.15, 0.2) is 54.7 Å². The molecule has 0 fully saturated rings. The van der Waals surface area contributed by atoms with Crippen LogP contribution in [0.3, 0.4) is 0 Å². The zero-order valence-corrected chi connectivity index (χ0v) is 18.2. The van der Waals surface area contributed by atoms with Gasteiger partial charge in [-0.2, -0.15) is 0 Å². The van der Waals surface area contributed by atoms with E-state index < -0.39 is 0 Å². The molecule has 0 saturated carbocycles. The number of rotatable bonds is 8. The minimum absolute atomic E-state index is 0.0552. The molecule has 7 nitrogen and oxygen atoms in total. The molecule has 4 rings (SSSR count). The molecule has 0 bridgehead atoms. The third-order valence-electron chi connectivity index (χ3n) is 5.25. The van der Waals surface area contributed by atoms with E-state index >= 15 is 0 Å². The van der Waals surface area contributed by atoms with Crippen LogP contribution < -0.4 is 5.32 Å². The minimum Gasteiger partial charge on any atom is -0.369 e. The van der Waals surface area contributed by atoms with Gasteiger partial charge in [-0.15, -0.1) is 0 Å². The first-order valence-electron chi connectivity index (χ1n) is 10.5. The second-order valence-corrected chi connectivity index (χ2v) is 8.03. The number of para-hydroxylation sites is 1. The molecule has 0 atom stereocenters. The summed E-state index contributed by atoms with van der Waals surface area (Å²) in [5.41, 5.74) is 2.54. The average Bonchev–Trinajstić information content (AvgIpc) is 3.23. The van der Waals surface area contributed by atoms with Gasteiger partial charge in [-0.1, -0.05) is 12.1 Å². The van der Waals surface area contributed by atoms with Crippen LogP contribution in [0.4, 0.5) is 5.82 Å². The first-order chi connectivity index (χ1) is 15.0. The van der Waals surface area contributed by atoms with Crippen molar-refractivity contribution in [3.05, 3.63) is 66.1 Å². The fourth-order valence-corrected chi connectivity index (χ4v) is 3.62. The molecule has 2 aromatic heterocycles. The van der Waals surface area contributed by atoms with E-state index in [1.54, 1.807) is 11.9 Å². The van der Waals surface area contributed by atoms with Crippen molar-refractivity contribution in [2.75, 3.05) is 39.5 Å². The van der Waals surface area contributed by atoms with E-state index in [9.17, 15) is 4.79 Å². The van der Waals surface area contributed by atoms with Crippen molar-refractivity contribution in [1.29, 1.82) is 0 Å². The van der Waals surface area contributed by atoms with Crippen molar-refractivity contribution in [3.8, 4) is 0 Å². The van der Waals surface area contributed by atoms with Crippen LogP contribution in [0.1, 0.15) is 22.6 Å². The van der Waals surface area contributed by atoms with E-state index in [0.29, 0.717) is 17.9 Å². The van der Waals surface area contributed by atoms with Crippen molar-refractivity contribution in [2.45, 2.75) is 13.0 Å². The van der Waals surface area contributed by atoms with Crippen LogP contribution in [-0.2, 0) is 6.54 Å². The van der Waals surface area contributed by atoms with Crippen molar-refractivity contribution < 1.29 is 4.79 Å². The smallest absolute Gasteiger partial charge is 0.254 e. The van der Waals surface area contributed by atoms with Crippen LogP contribution in [0.5, 0.6) is 0 Å². The lowest BCUT2D eigenvalue weighted by Gasteiger charge is -2.18. The number of carbonyl (C=O) groups excluding carboxylic acids is 1. The van der Waals surface area contributed by atoms with Crippen LogP contribution in [0, 0.1) is 0 Å². The number of amides is 1. The van der Waals surface area contributed by atoms with Gasteiger partial charge in [0.2, 0.25) is 0 Å². The Bertz CT molecular complexity index is 1200. The Hall–Kier alpha value is -3.45. The molecule has 2 heterocycles. The summed E-state index contributed by atoms with van der Waals surface area (Å²) in [5.74, 6) is 1.38. The molecule has 0 spiro atoms. The number of nitrogens with one attached hydrogen (secondary N) is 2. The van der Waals surface area contributed by atoms with Gasteiger partial charge in [0, 0.05) is 41.6 Å². The molecule has 1 amide bonds.